The van der Waals surface area contributed by atoms with Crippen LogP contribution in [0.25, 0.3) is 6.08 Å². The molecule has 22 heavy (non-hydrogen) atoms. The Morgan fingerprint density at radius 1 is 1.41 bits per heavy atom. The predicted octanol–water partition coefficient (Wildman–Crippen LogP) is 3.36. The summed E-state index contributed by atoms with van der Waals surface area (Å²) in [5, 5.41) is 6.51. The van der Waals surface area contributed by atoms with Crippen LogP contribution in [0.4, 0.5) is 5.13 Å². The van der Waals surface area contributed by atoms with Crippen LogP contribution in [0, 0.1) is 0 Å². The fraction of sp³-hybridized carbons (Fsp3) is 0.188. The van der Waals surface area contributed by atoms with E-state index in [0.29, 0.717) is 17.4 Å². The lowest BCUT2D eigenvalue weighted by Crippen LogP contribution is -2.07. The summed E-state index contributed by atoms with van der Waals surface area (Å²) in [5.74, 6) is -0.270. The molecular formula is C16H17N3O2S. The molecule has 0 aliphatic carbocycles. The Hall–Kier alpha value is -2.47. The number of ether oxygens (including phenoxy) is 1. The lowest BCUT2D eigenvalue weighted by Gasteiger charge is -1.97. The fourth-order valence-corrected chi connectivity index (χ4v) is 2.31. The second kappa shape index (κ2) is 8.74. The molecule has 0 unspecified atom stereocenters. The second-order valence-corrected chi connectivity index (χ2v) is 5.14. The van der Waals surface area contributed by atoms with Gasteiger partial charge in [0.25, 0.3) is 0 Å². The molecule has 1 heterocycles. The highest BCUT2D eigenvalue weighted by atomic mass is 32.1. The number of benzene rings is 1. The van der Waals surface area contributed by atoms with E-state index in [-0.39, 0.29) is 12.4 Å². The summed E-state index contributed by atoms with van der Waals surface area (Å²) in [5.41, 5.74) is 4.62. The molecule has 0 bridgehead atoms. The number of hydrogen-bond acceptors (Lipinski definition) is 6. The standard InChI is InChI=1S/C16H17N3O2S/c1-2-21-15(20)11-14-12-22-16(18-14)19-17-10-6-9-13-7-4-3-5-8-13/h3-10,12H,2,11H2,1H3,(H,18,19)/b9-6+,17-10?. The zero-order valence-electron chi connectivity index (χ0n) is 12.2. The zero-order valence-corrected chi connectivity index (χ0v) is 13.0. The molecule has 0 aliphatic heterocycles. The second-order valence-electron chi connectivity index (χ2n) is 4.29. The average Bonchev–Trinajstić information content (AvgIpc) is 2.95. The van der Waals surface area contributed by atoms with Crippen molar-refractivity contribution in [3.05, 3.63) is 53.0 Å². The molecule has 0 saturated carbocycles. The van der Waals surface area contributed by atoms with Gasteiger partial charge in [-0.2, -0.15) is 5.10 Å². The Kier molecular flexibility index (Phi) is 6.32. The van der Waals surface area contributed by atoms with E-state index in [1.807, 2.05) is 47.9 Å². The molecule has 0 aliphatic rings. The first-order valence-corrected chi connectivity index (χ1v) is 7.76. The number of hydrogen-bond donors (Lipinski definition) is 1. The predicted molar refractivity (Wildman–Crippen MR) is 90.0 cm³/mol. The van der Waals surface area contributed by atoms with Crippen molar-refractivity contribution >= 4 is 34.7 Å². The number of hydrazone groups is 1. The van der Waals surface area contributed by atoms with Gasteiger partial charge < -0.3 is 4.74 Å². The summed E-state index contributed by atoms with van der Waals surface area (Å²) >= 11 is 1.40. The normalized spacial score (nSPS) is 11.1. The van der Waals surface area contributed by atoms with Crippen molar-refractivity contribution in [1.29, 1.82) is 0 Å². The molecule has 0 fully saturated rings. The largest absolute Gasteiger partial charge is 0.466 e. The van der Waals surface area contributed by atoms with Crippen molar-refractivity contribution in [3.8, 4) is 0 Å². The minimum Gasteiger partial charge on any atom is -0.466 e. The fourth-order valence-electron chi connectivity index (χ4n) is 1.65. The van der Waals surface area contributed by atoms with Crippen molar-refractivity contribution in [3.63, 3.8) is 0 Å². The number of carbonyl (C=O) groups excluding carboxylic acids is 1. The van der Waals surface area contributed by atoms with Gasteiger partial charge in [0.1, 0.15) is 0 Å². The highest BCUT2D eigenvalue weighted by Gasteiger charge is 2.07. The molecule has 0 atom stereocenters. The van der Waals surface area contributed by atoms with Gasteiger partial charge in [-0.15, -0.1) is 11.3 Å². The first-order chi connectivity index (χ1) is 10.8. The number of aromatic nitrogens is 1. The van der Waals surface area contributed by atoms with Gasteiger partial charge in [-0.25, -0.2) is 4.98 Å². The van der Waals surface area contributed by atoms with E-state index in [1.54, 1.807) is 13.1 Å². The average molecular weight is 315 g/mol. The van der Waals surface area contributed by atoms with Crippen LogP contribution >= 0.6 is 11.3 Å². The Labute approximate surface area is 133 Å². The van der Waals surface area contributed by atoms with Crippen LogP contribution in [0.3, 0.4) is 0 Å². The number of thiazole rings is 1. The maximum atomic E-state index is 11.3. The number of nitrogens with zero attached hydrogens (tertiary/aromatic N) is 2. The SMILES string of the molecule is CCOC(=O)Cc1csc(NN=C/C=C/c2ccccc2)n1. The van der Waals surface area contributed by atoms with Gasteiger partial charge in [-0.3, -0.25) is 10.2 Å². The van der Waals surface area contributed by atoms with Crippen LogP contribution in [0.2, 0.25) is 0 Å². The summed E-state index contributed by atoms with van der Waals surface area (Å²) in [6.07, 6.45) is 5.64. The smallest absolute Gasteiger partial charge is 0.311 e. The highest BCUT2D eigenvalue weighted by Crippen LogP contribution is 2.15. The van der Waals surface area contributed by atoms with Gasteiger partial charge in [0, 0.05) is 11.6 Å². The van der Waals surface area contributed by atoms with Crippen molar-refractivity contribution < 1.29 is 9.53 Å². The molecule has 0 radical (unpaired) electrons. The molecule has 0 spiro atoms. The maximum absolute atomic E-state index is 11.3. The molecule has 0 saturated heterocycles. The summed E-state index contributed by atoms with van der Waals surface area (Å²) < 4.78 is 4.88. The molecule has 114 valence electrons. The van der Waals surface area contributed by atoms with Crippen LogP contribution in [0.5, 0.6) is 0 Å². The van der Waals surface area contributed by atoms with Gasteiger partial charge in [-0.05, 0) is 18.6 Å². The van der Waals surface area contributed by atoms with E-state index in [0.717, 1.165) is 5.56 Å². The Morgan fingerprint density at radius 2 is 2.23 bits per heavy atom. The lowest BCUT2D eigenvalue weighted by atomic mass is 10.2. The highest BCUT2D eigenvalue weighted by molar-refractivity contribution is 7.13. The molecule has 6 heteroatoms. The molecule has 1 aromatic carbocycles. The molecule has 0 amide bonds. The number of carbonyl (C=O) groups is 1. The van der Waals surface area contributed by atoms with E-state index in [2.05, 4.69) is 15.5 Å². The van der Waals surface area contributed by atoms with Gasteiger partial charge in [0.05, 0.1) is 18.7 Å². The van der Waals surface area contributed by atoms with E-state index >= 15 is 0 Å². The van der Waals surface area contributed by atoms with Gasteiger partial charge in [0.15, 0.2) is 0 Å². The van der Waals surface area contributed by atoms with Crippen molar-refractivity contribution in [1.82, 2.24) is 4.98 Å². The minimum atomic E-state index is -0.270. The van der Waals surface area contributed by atoms with Gasteiger partial charge in [-0.1, -0.05) is 36.4 Å². The van der Waals surface area contributed by atoms with Crippen LogP contribution in [0.15, 0.2) is 46.9 Å². The van der Waals surface area contributed by atoms with Gasteiger partial charge >= 0.3 is 5.97 Å². The number of esters is 1. The van der Waals surface area contributed by atoms with Crippen LogP contribution in [-0.2, 0) is 16.0 Å². The molecule has 2 rings (SSSR count). The molecule has 2 aromatic rings. The molecule has 1 N–H and O–H groups in total. The maximum Gasteiger partial charge on any atom is 0.311 e. The third kappa shape index (κ3) is 5.49. The van der Waals surface area contributed by atoms with E-state index in [4.69, 9.17) is 4.74 Å². The Balaban J connectivity index is 1.79. The summed E-state index contributed by atoms with van der Waals surface area (Å²) in [6, 6.07) is 9.97. The molecular weight excluding hydrogens is 298 g/mol. The van der Waals surface area contributed by atoms with E-state index in [9.17, 15) is 4.79 Å². The monoisotopic (exact) mass is 315 g/mol. The Morgan fingerprint density at radius 3 is 3.00 bits per heavy atom. The quantitative estimate of drug-likeness (QED) is 0.483. The van der Waals surface area contributed by atoms with E-state index < -0.39 is 0 Å². The lowest BCUT2D eigenvalue weighted by molar-refractivity contribution is -0.142. The topological polar surface area (TPSA) is 63.6 Å². The third-order valence-corrected chi connectivity index (χ3v) is 3.39. The zero-order chi connectivity index (χ0) is 15.6. The number of allylic oxidation sites excluding steroid dienone is 1. The van der Waals surface area contributed by atoms with Crippen LogP contribution < -0.4 is 5.43 Å². The summed E-state index contributed by atoms with van der Waals surface area (Å²) in [4.78, 5) is 15.6. The van der Waals surface area contributed by atoms with Crippen molar-refractivity contribution in [2.45, 2.75) is 13.3 Å². The van der Waals surface area contributed by atoms with Gasteiger partial charge in [0.2, 0.25) is 5.13 Å². The van der Waals surface area contributed by atoms with Crippen molar-refractivity contribution in [2.24, 2.45) is 5.10 Å². The summed E-state index contributed by atoms with van der Waals surface area (Å²) in [7, 11) is 0. The third-order valence-electron chi connectivity index (χ3n) is 2.59. The Bertz CT molecular complexity index is 650. The molecule has 5 nitrogen and oxygen atoms in total. The number of anilines is 1. The summed E-state index contributed by atoms with van der Waals surface area (Å²) in [6.45, 7) is 2.16. The van der Waals surface area contributed by atoms with Crippen molar-refractivity contribution in [2.75, 3.05) is 12.0 Å². The van der Waals surface area contributed by atoms with Crippen LogP contribution in [0.1, 0.15) is 18.2 Å². The first kappa shape index (κ1) is 15.9. The first-order valence-electron chi connectivity index (χ1n) is 6.88. The van der Waals surface area contributed by atoms with Crippen LogP contribution in [-0.4, -0.2) is 23.8 Å². The number of nitrogens with one attached hydrogen (secondary N) is 1. The molecule has 1 aromatic heterocycles. The minimum absolute atomic E-state index is 0.184. The van der Waals surface area contributed by atoms with E-state index in [1.165, 1.54) is 11.3 Å². The number of rotatable bonds is 7.